The monoisotopic (exact) mass is 824 g/mol. The van der Waals surface area contributed by atoms with Crippen LogP contribution in [0.25, 0.3) is 33.4 Å². The number of esters is 2. The number of carbonyl (C=O) groups is 2. The van der Waals surface area contributed by atoms with Crippen LogP contribution >= 0.6 is 0 Å². The Morgan fingerprint density at radius 2 is 1.47 bits per heavy atom. The quantitative estimate of drug-likeness (QED) is 0.0957. The normalized spacial score (nSPS) is 12.0. The first-order chi connectivity index (χ1) is 28.4. The van der Waals surface area contributed by atoms with Crippen LogP contribution in [0.2, 0.25) is 0 Å². The summed E-state index contributed by atoms with van der Waals surface area (Å²) in [6.07, 6.45) is 0. The van der Waals surface area contributed by atoms with Crippen molar-refractivity contribution in [1.29, 1.82) is 0 Å². The summed E-state index contributed by atoms with van der Waals surface area (Å²) in [5, 5.41) is 62.6. The van der Waals surface area contributed by atoms with Gasteiger partial charge in [0.15, 0.2) is 0 Å². The van der Waals surface area contributed by atoms with Gasteiger partial charge in [-0.25, -0.2) is 9.78 Å². The molecule has 0 unspecified atom stereocenters. The van der Waals surface area contributed by atoms with Crippen LogP contribution in [0, 0.1) is 40.5 Å². The molecule has 60 heavy (non-hydrogen) atoms. The van der Waals surface area contributed by atoms with E-state index in [1.807, 2.05) is 25.1 Å². The fourth-order valence-corrected chi connectivity index (χ4v) is 7.09. The average molecular weight is 825 g/mol. The molecule has 306 valence electrons. The molecule has 0 saturated heterocycles. The molecule has 2 aliphatic rings. The number of phenols is 1. The smallest absolute Gasteiger partial charge is 0.347 e. The molecule has 0 amide bonds. The van der Waals surface area contributed by atoms with Crippen molar-refractivity contribution in [2.75, 3.05) is 20.7 Å². The Balaban J connectivity index is 1.21. The number of ether oxygens (including phenoxy) is 2. The predicted octanol–water partition coefficient (Wildman–Crippen LogP) is 4.38. The number of aromatic nitrogens is 2. The molecular formula is C37H28N8O15. The fourth-order valence-electron chi connectivity index (χ4n) is 7.09. The molecule has 0 spiro atoms. The minimum Gasteiger partial charge on any atom is -0.508 e. The number of rotatable bonds is 13. The largest absolute Gasteiger partial charge is 0.508 e. The van der Waals surface area contributed by atoms with E-state index in [4.69, 9.17) is 19.3 Å². The Morgan fingerprint density at radius 1 is 0.850 bits per heavy atom. The number of hydrogen-bond acceptors (Lipinski definition) is 18. The highest BCUT2D eigenvalue weighted by Crippen LogP contribution is 2.50. The van der Waals surface area contributed by atoms with Gasteiger partial charge in [-0.15, -0.1) is 0 Å². The molecule has 0 radical (unpaired) electrons. The lowest BCUT2D eigenvalue weighted by Gasteiger charge is -2.15. The van der Waals surface area contributed by atoms with Crippen molar-refractivity contribution in [2.24, 2.45) is 5.16 Å². The third-order valence-electron chi connectivity index (χ3n) is 9.63. The molecule has 2 aromatic heterocycles. The van der Waals surface area contributed by atoms with Gasteiger partial charge >= 0.3 is 11.9 Å². The molecule has 1 N–H and O–H groups in total. The molecule has 23 nitrogen and oxygen atoms in total. The van der Waals surface area contributed by atoms with Gasteiger partial charge in [-0.1, -0.05) is 5.16 Å². The van der Waals surface area contributed by atoms with Crippen LogP contribution in [0.5, 0.6) is 5.75 Å². The Hall–Kier alpha value is -8.21. The van der Waals surface area contributed by atoms with Gasteiger partial charge in [0.05, 0.1) is 72.0 Å². The fraction of sp³-hybridized carbons (Fsp3) is 0.216. The Kier molecular flexibility index (Phi) is 10.2. The molecule has 1 aliphatic carbocycles. The van der Waals surface area contributed by atoms with E-state index in [9.17, 15) is 59.9 Å². The van der Waals surface area contributed by atoms with Crippen molar-refractivity contribution in [1.82, 2.24) is 14.5 Å². The van der Waals surface area contributed by atoms with E-state index in [1.165, 1.54) is 10.6 Å². The third kappa shape index (κ3) is 7.15. The van der Waals surface area contributed by atoms with E-state index in [1.54, 1.807) is 12.1 Å². The molecule has 23 heteroatoms. The van der Waals surface area contributed by atoms with Crippen LogP contribution in [-0.4, -0.2) is 77.6 Å². The zero-order valence-corrected chi connectivity index (χ0v) is 31.4. The van der Waals surface area contributed by atoms with Gasteiger partial charge in [-0.3, -0.25) is 50.0 Å². The summed E-state index contributed by atoms with van der Waals surface area (Å²) in [4.78, 5) is 94.2. The van der Waals surface area contributed by atoms with E-state index in [0.29, 0.717) is 52.1 Å². The Morgan fingerprint density at radius 3 is 2.02 bits per heavy atom. The number of non-ortho nitro benzene ring substituents is 2. The molecule has 5 aromatic rings. The van der Waals surface area contributed by atoms with Gasteiger partial charge in [0.1, 0.15) is 24.7 Å². The first-order valence-corrected chi connectivity index (χ1v) is 17.4. The van der Waals surface area contributed by atoms with Gasteiger partial charge < -0.3 is 28.9 Å². The van der Waals surface area contributed by atoms with E-state index in [2.05, 4.69) is 5.16 Å². The zero-order chi connectivity index (χ0) is 43.3. The van der Waals surface area contributed by atoms with E-state index < -0.39 is 108 Å². The van der Waals surface area contributed by atoms with Gasteiger partial charge in [-0.2, -0.15) is 0 Å². The summed E-state index contributed by atoms with van der Waals surface area (Å²) in [6.45, 7) is -0.396. The Labute approximate surface area is 334 Å². The van der Waals surface area contributed by atoms with E-state index in [-0.39, 0.29) is 23.4 Å². The summed E-state index contributed by atoms with van der Waals surface area (Å²) in [7, 11) is 3.69. The number of carbonyl (C=O) groups excluding carboxylic acids is 2. The van der Waals surface area contributed by atoms with Crippen LogP contribution in [0.4, 0.5) is 22.7 Å². The lowest BCUT2D eigenvalue weighted by Crippen LogP contribution is -2.26. The number of nitro benzene ring substituents is 4. The van der Waals surface area contributed by atoms with Crippen molar-refractivity contribution in [3.8, 4) is 28.3 Å². The molecule has 0 bridgehead atoms. The summed E-state index contributed by atoms with van der Waals surface area (Å²) in [6, 6.07) is 9.32. The molecule has 7 rings (SSSR count). The summed E-state index contributed by atoms with van der Waals surface area (Å²) >= 11 is 0. The maximum Gasteiger partial charge on any atom is 0.347 e. The first-order valence-electron chi connectivity index (χ1n) is 17.4. The van der Waals surface area contributed by atoms with Crippen LogP contribution in [-0.2, 0) is 50.2 Å². The summed E-state index contributed by atoms with van der Waals surface area (Å²) in [5.74, 6) is -1.72. The second-order valence-corrected chi connectivity index (χ2v) is 13.7. The number of benzene rings is 3. The maximum atomic E-state index is 13.9. The number of oxime groups is 1. The number of aromatic hydroxyl groups is 1. The third-order valence-corrected chi connectivity index (χ3v) is 9.63. The highest BCUT2D eigenvalue weighted by Gasteiger charge is 2.42. The number of pyridine rings is 2. The minimum absolute atomic E-state index is 0.0169. The number of nitrogens with zero attached hydrogens (tertiary/aromatic N) is 8. The van der Waals surface area contributed by atoms with Crippen molar-refractivity contribution >= 4 is 51.3 Å². The molecule has 3 heterocycles. The molecule has 0 saturated carbocycles. The van der Waals surface area contributed by atoms with Gasteiger partial charge in [0.2, 0.25) is 6.61 Å². The van der Waals surface area contributed by atoms with Crippen LogP contribution in [0.3, 0.4) is 0 Å². The second-order valence-electron chi connectivity index (χ2n) is 13.7. The lowest BCUT2D eigenvalue weighted by molar-refractivity contribution is -0.395. The van der Waals surface area contributed by atoms with Gasteiger partial charge in [0.25, 0.3) is 28.3 Å². The number of phenolic OH excluding ortho intramolecular Hbond substituents is 1. The van der Waals surface area contributed by atoms with Crippen molar-refractivity contribution in [3.05, 3.63) is 133 Å². The standard InChI is InChI=1S/C37H28N8O15/c1-17(46)58-15-26-19(7-30-35-18(12-41(30)37(26)49)6-22-25(13-40(2)3)31(47)5-4-27(22)38-35)14-59-32(48)16-60-39-36-23-8-20(42(50)51)10-28(44(54)55)33(23)34-24(36)9-21(43(52)53)11-29(34)45(56)57/h4-11,47H,12-16H2,1-3H3. The Bertz CT molecular complexity index is 2790. The molecule has 0 fully saturated rings. The van der Waals surface area contributed by atoms with Crippen molar-refractivity contribution in [2.45, 2.75) is 33.2 Å². The van der Waals surface area contributed by atoms with E-state index >= 15 is 0 Å². The first kappa shape index (κ1) is 40.0. The average Bonchev–Trinajstić information content (AvgIpc) is 3.70. The van der Waals surface area contributed by atoms with Crippen molar-refractivity contribution in [3.63, 3.8) is 0 Å². The highest BCUT2D eigenvalue weighted by molar-refractivity contribution is 6.27. The van der Waals surface area contributed by atoms with Crippen LogP contribution in [0.15, 0.2) is 58.5 Å². The summed E-state index contributed by atoms with van der Waals surface area (Å²) in [5.41, 5.74) is -3.62. The topological polar surface area (TPSA) is 305 Å². The highest BCUT2D eigenvalue weighted by atomic mass is 16.7. The second kappa shape index (κ2) is 15.3. The maximum absolute atomic E-state index is 13.9. The number of nitro groups is 4. The lowest BCUT2D eigenvalue weighted by atomic mass is 10.0. The summed E-state index contributed by atoms with van der Waals surface area (Å²) < 4.78 is 12.0. The van der Waals surface area contributed by atoms with Crippen LogP contribution in [0.1, 0.15) is 40.3 Å². The molecule has 1 aliphatic heterocycles. The zero-order valence-electron chi connectivity index (χ0n) is 31.4. The predicted molar refractivity (Wildman–Crippen MR) is 205 cm³/mol. The van der Waals surface area contributed by atoms with E-state index in [0.717, 1.165) is 19.1 Å². The van der Waals surface area contributed by atoms with Crippen molar-refractivity contribution < 1.29 is 48.7 Å². The molecule has 3 aromatic carbocycles. The molecule has 0 atom stereocenters. The number of hydrogen-bond donors (Lipinski definition) is 1. The number of fused-ring (bicyclic) bond motifs is 7. The molecular weight excluding hydrogens is 796 g/mol. The minimum atomic E-state index is -1.11. The van der Waals surface area contributed by atoms with Crippen LogP contribution < -0.4 is 5.56 Å². The SMILES string of the molecule is CC(=O)OCc1c(COC(=O)CON=C2c3cc([N+](=O)[O-])cc([N+](=O)[O-])c3-c3c2cc([N+](=O)[O-])cc3[N+](=O)[O-])cc2n(c1=O)Cc1cc3c(CN(C)C)c(O)ccc3nc1-2. The van der Waals surface area contributed by atoms with Gasteiger partial charge in [0, 0.05) is 58.8 Å². The van der Waals surface area contributed by atoms with Gasteiger partial charge in [-0.05, 0) is 38.4 Å².